The molecule has 3 nitrogen and oxygen atoms in total. The molecule has 0 aliphatic heterocycles. The molecule has 7 heteroatoms. The largest absolute Gasteiger partial charge is 0.383 e. The van der Waals surface area contributed by atoms with Gasteiger partial charge in [0.25, 0.3) is 0 Å². The van der Waals surface area contributed by atoms with Crippen molar-refractivity contribution in [2.45, 2.75) is 0 Å². The fraction of sp³-hybridized carbons (Fsp3) is 0.300. The summed E-state index contributed by atoms with van der Waals surface area (Å²) >= 11 is 1.06. The second-order valence-corrected chi connectivity index (χ2v) is 4.30. The third-order valence-electron chi connectivity index (χ3n) is 2.10. The molecule has 0 atom stereocenters. The number of nitrogens with zero attached hydrogens (tertiary/aromatic N) is 1. The van der Waals surface area contributed by atoms with Crippen LogP contribution in [0.15, 0.2) is 6.07 Å². The van der Waals surface area contributed by atoms with Crippen LogP contribution in [-0.2, 0) is 4.74 Å². The lowest BCUT2D eigenvalue weighted by Crippen LogP contribution is -2.06. The molecule has 2 aromatic rings. The van der Waals surface area contributed by atoms with Gasteiger partial charge in [0.05, 0.1) is 11.3 Å². The molecule has 2 rings (SSSR count). The average Bonchev–Trinajstić information content (AvgIpc) is 2.70. The van der Waals surface area contributed by atoms with Crippen LogP contribution in [0.25, 0.3) is 10.2 Å². The summed E-state index contributed by atoms with van der Waals surface area (Å²) in [6, 6.07) is 0.937. The molecule has 0 spiro atoms. The van der Waals surface area contributed by atoms with E-state index in [0.29, 0.717) is 18.3 Å². The van der Waals surface area contributed by atoms with Crippen LogP contribution < -0.4 is 5.32 Å². The van der Waals surface area contributed by atoms with Crippen LogP contribution in [0.1, 0.15) is 0 Å². The van der Waals surface area contributed by atoms with Crippen molar-refractivity contribution in [2.75, 3.05) is 25.6 Å². The number of ether oxygens (including phenoxy) is 1. The number of methoxy groups -OCH3 is 1. The third kappa shape index (κ3) is 2.34. The van der Waals surface area contributed by atoms with Crippen LogP contribution in [0.5, 0.6) is 0 Å². The zero-order valence-corrected chi connectivity index (χ0v) is 9.71. The number of hydrogen-bond donors (Lipinski definition) is 1. The zero-order valence-electron chi connectivity index (χ0n) is 8.89. The first-order valence-corrected chi connectivity index (χ1v) is 5.62. The van der Waals surface area contributed by atoms with Gasteiger partial charge in [0, 0.05) is 13.7 Å². The number of rotatable bonds is 4. The van der Waals surface area contributed by atoms with E-state index in [1.165, 1.54) is 0 Å². The van der Waals surface area contributed by atoms with E-state index in [2.05, 4.69) is 10.3 Å². The van der Waals surface area contributed by atoms with Crippen LogP contribution >= 0.6 is 11.3 Å². The van der Waals surface area contributed by atoms with Crippen LogP contribution in [0.4, 0.5) is 18.3 Å². The van der Waals surface area contributed by atoms with Crippen molar-refractivity contribution in [3.05, 3.63) is 23.5 Å². The molecule has 0 radical (unpaired) electrons. The predicted octanol–water partition coefficient (Wildman–Crippen LogP) is 2.77. The second-order valence-electron chi connectivity index (χ2n) is 3.27. The number of halogens is 3. The van der Waals surface area contributed by atoms with Crippen LogP contribution in [0.2, 0.25) is 0 Å². The molecule has 17 heavy (non-hydrogen) atoms. The normalized spacial score (nSPS) is 11.1. The van der Waals surface area contributed by atoms with Crippen molar-refractivity contribution in [3.63, 3.8) is 0 Å². The van der Waals surface area contributed by atoms with E-state index >= 15 is 0 Å². The van der Waals surface area contributed by atoms with Crippen molar-refractivity contribution in [2.24, 2.45) is 0 Å². The van der Waals surface area contributed by atoms with Gasteiger partial charge in [-0.2, -0.15) is 0 Å². The van der Waals surface area contributed by atoms with Crippen LogP contribution in [0, 0.1) is 17.5 Å². The standard InChI is InChI=1S/C10H9F3N2OS/c1-16-3-2-14-10-15-9-6(17-10)4-5(11)7(12)8(9)13/h4H,2-3H2,1H3,(H,14,15). The minimum absolute atomic E-state index is 0.159. The molecule has 1 aromatic heterocycles. The molecule has 1 N–H and O–H groups in total. The lowest BCUT2D eigenvalue weighted by molar-refractivity contribution is 0.211. The van der Waals surface area contributed by atoms with Gasteiger partial charge in [-0.25, -0.2) is 18.2 Å². The van der Waals surface area contributed by atoms with Gasteiger partial charge >= 0.3 is 0 Å². The first kappa shape index (κ1) is 12.1. The molecular formula is C10H9F3N2OS. The minimum Gasteiger partial charge on any atom is -0.383 e. The van der Waals surface area contributed by atoms with Gasteiger partial charge in [0.1, 0.15) is 5.52 Å². The highest BCUT2D eigenvalue weighted by Crippen LogP contribution is 2.30. The maximum absolute atomic E-state index is 13.3. The molecule has 1 aromatic carbocycles. The Labute approximate surface area is 99.2 Å². The zero-order chi connectivity index (χ0) is 12.4. The maximum Gasteiger partial charge on any atom is 0.196 e. The Kier molecular flexibility index (Phi) is 3.49. The molecule has 1 heterocycles. The second kappa shape index (κ2) is 4.89. The monoisotopic (exact) mass is 262 g/mol. The molecule has 0 saturated heterocycles. The van der Waals surface area contributed by atoms with Gasteiger partial charge in [0.2, 0.25) is 0 Å². The molecule has 0 aliphatic carbocycles. The summed E-state index contributed by atoms with van der Waals surface area (Å²) in [5.41, 5.74) is -0.159. The van der Waals surface area contributed by atoms with E-state index in [-0.39, 0.29) is 10.2 Å². The minimum atomic E-state index is -1.49. The summed E-state index contributed by atoms with van der Waals surface area (Å²) in [6.45, 7) is 0.948. The topological polar surface area (TPSA) is 34.1 Å². The third-order valence-corrected chi connectivity index (χ3v) is 3.06. The number of fused-ring (bicyclic) bond motifs is 1. The smallest absolute Gasteiger partial charge is 0.196 e. The van der Waals surface area contributed by atoms with Gasteiger partial charge in [-0.15, -0.1) is 0 Å². The Balaban J connectivity index is 2.34. The quantitative estimate of drug-likeness (QED) is 0.679. The molecule has 92 valence electrons. The lowest BCUT2D eigenvalue weighted by atomic mass is 10.3. The van der Waals surface area contributed by atoms with E-state index in [1.807, 2.05) is 0 Å². The molecule has 0 aliphatic rings. The Hall–Kier alpha value is -1.34. The van der Waals surface area contributed by atoms with Crippen molar-refractivity contribution in [1.29, 1.82) is 0 Å². The molecule has 0 fully saturated rings. The average molecular weight is 262 g/mol. The van der Waals surface area contributed by atoms with Crippen LogP contribution in [-0.4, -0.2) is 25.2 Å². The number of anilines is 1. The van der Waals surface area contributed by atoms with E-state index in [9.17, 15) is 13.2 Å². The van der Waals surface area contributed by atoms with Crippen molar-refractivity contribution in [3.8, 4) is 0 Å². The fourth-order valence-electron chi connectivity index (χ4n) is 1.31. The fourth-order valence-corrected chi connectivity index (χ4v) is 2.22. The van der Waals surface area contributed by atoms with E-state index in [4.69, 9.17) is 4.74 Å². The first-order valence-electron chi connectivity index (χ1n) is 4.80. The molecule has 0 bridgehead atoms. The van der Waals surface area contributed by atoms with Gasteiger partial charge < -0.3 is 10.1 Å². The highest BCUT2D eigenvalue weighted by molar-refractivity contribution is 7.22. The van der Waals surface area contributed by atoms with Gasteiger partial charge in [-0.3, -0.25) is 0 Å². The molecule has 0 unspecified atom stereocenters. The van der Waals surface area contributed by atoms with Gasteiger partial charge in [-0.05, 0) is 6.07 Å². The van der Waals surface area contributed by atoms with Crippen molar-refractivity contribution in [1.82, 2.24) is 4.98 Å². The number of benzene rings is 1. The summed E-state index contributed by atoms with van der Waals surface area (Å²) in [7, 11) is 1.55. The highest BCUT2D eigenvalue weighted by Gasteiger charge is 2.17. The summed E-state index contributed by atoms with van der Waals surface area (Å²) in [6.07, 6.45) is 0. The molecule has 0 saturated carbocycles. The Bertz CT molecular complexity index is 544. The number of aromatic nitrogens is 1. The van der Waals surface area contributed by atoms with Crippen LogP contribution in [0.3, 0.4) is 0 Å². The Morgan fingerprint density at radius 3 is 2.82 bits per heavy atom. The van der Waals surface area contributed by atoms with E-state index in [1.54, 1.807) is 7.11 Å². The van der Waals surface area contributed by atoms with E-state index in [0.717, 1.165) is 17.4 Å². The number of thiazole rings is 1. The van der Waals surface area contributed by atoms with Crippen molar-refractivity contribution >= 4 is 26.7 Å². The van der Waals surface area contributed by atoms with Crippen molar-refractivity contribution < 1.29 is 17.9 Å². The molecule has 0 amide bonds. The predicted molar refractivity (Wildman–Crippen MR) is 59.9 cm³/mol. The highest BCUT2D eigenvalue weighted by atomic mass is 32.1. The lowest BCUT2D eigenvalue weighted by Gasteiger charge is -1.99. The number of hydrogen-bond acceptors (Lipinski definition) is 4. The maximum atomic E-state index is 13.3. The summed E-state index contributed by atoms with van der Waals surface area (Å²) < 4.78 is 44.3. The summed E-state index contributed by atoms with van der Waals surface area (Å²) in [4.78, 5) is 3.86. The number of nitrogens with one attached hydrogen (secondary N) is 1. The summed E-state index contributed by atoms with van der Waals surface area (Å²) in [5, 5.41) is 3.28. The Morgan fingerprint density at radius 2 is 2.12 bits per heavy atom. The van der Waals surface area contributed by atoms with Gasteiger partial charge in [-0.1, -0.05) is 11.3 Å². The SMILES string of the molecule is COCCNc1nc2c(F)c(F)c(F)cc2s1. The van der Waals surface area contributed by atoms with E-state index < -0.39 is 17.5 Å². The first-order chi connectivity index (χ1) is 8.13. The Morgan fingerprint density at radius 1 is 1.35 bits per heavy atom. The molecular weight excluding hydrogens is 253 g/mol. The summed E-state index contributed by atoms with van der Waals surface area (Å²) in [5.74, 6) is -3.95. The van der Waals surface area contributed by atoms with Gasteiger partial charge in [0.15, 0.2) is 22.6 Å².